The van der Waals surface area contributed by atoms with Crippen LogP contribution in [0.3, 0.4) is 0 Å². The first kappa shape index (κ1) is 23.8. The van der Waals surface area contributed by atoms with Gasteiger partial charge in [-0.2, -0.15) is 0 Å². The number of carboxylic acid groups (broad SMARTS) is 1. The summed E-state index contributed by atoms with van der Waals surface area (Å²) >= 11 is 1.48. The van der Waals surface area contributed by atoms with Gasteiger partial charge in [0.05, 0.1) is 11.5 Å². The molecule has 1 aromatic rings. The molecular formula is C23H34FN3O3S. The maximum Gasteiger partial charge on any atom is 0.306 e. The van der Waals surface area contributed by atoms with Crippen LogP contribution >= 0.6 is 11.8 Å². The van der Waals surface area contributed by atoms with E-state index in [1.54, 1.807) is 6.92 Å². The summed E-state index contributed by atoms with van der Waals surface area (Å²) < 4.78 is 15.2. The Morgan fingerprint density at radius 1 is 1.29 bits per heavy atom. The van der Waals surface area contributed by atoms with E-state index >= 15 is 4.39 Å². The molecule has 0 radical (unpaired) electrons. The molecule has 2 unspecified atom stereocenters. The molecule has 1 saturated heterocycles. The Hall–Kier alpha value is -1.83. The maximum atomic E-state index is 15.2. The molecule has 1 amide bonds. The number of amides is 1. The number of hydrogen-bond donors (Lipinski definition) is 2. The van der Waals surface area contributed by atoms with Crippen LogP contribution in [-0.4, -0.2) is 46.9 Å². The number of rotatable bonds is 8. The van der Waals surface area contributed by atoms with Gasteiger partial charge in [0.2, 0.25) is 0 Å². The number of thioether (sulfide) groups is 1. The van der Waals surface area contributed by atoms with E-state index in [1.807, 2.05) is 4.90 Å². The highest BCUT2D eigenvalue weighted by Gasteiger charge is 2.31. The van der Waals surface area contributed by atoms with Gasteiger partial charge in [0.15, 0.2) is 11.6 Å². The number of aliphatic carboxylic acids is 1. The van der Waals surface area contributed by atoms with Gasteiger partial charge in [0.25, 0.3) is 5.91 Å². The van der Waals surface area contributed by atoms with Crippen molar-refractivity contribution >= 4 is 29.5 Å². The van der Waals surface area contributed by atoms with Crippen LogP contribution in [0.2, 0.25) is 0 Å². The molecule has 6 nitrogen and oxygen atoms in total. The minimum absolute atomic E-state index is 0.0477. The minimum atomic E-state index is -0.825. The molecule has 1 aromatic heterocycles. The van der Waals surface area contributed by atoms with Crippen molar-refractivity contribution in [3.63, 3.8) is 0 Å². The SMILES string of the molecule is CCCSc1nc(N2CCCC(C(C)C(=O)O)C2)c(F)cc1C(=O)NC1CCCCC1. The van der Waals surface area contributed by atoms with Crippen molar-refractivity contribution in [2.24, 2.45) is 11.8 Å². The van der Waals surface area contributed by atoms with Crippen molar-refractivity contribution in [1.82, 2.24) is 10.3 Å². The number of anilines is 1. The first-order chi connectivity index (χ1) is 14.9. The summed E-state index contributed by atoms with van der Waals surface area (Å²) in [5, 5.41) is 13.0. The van der Waals surface area contributed by atoms with E-state index in [0.717, 1.165) is 50.7 Å². The maximum absolute atomic E-state index is 15.2. The number of hydrogen-bond acceptors (Lipinski definition) is 5. The predicted octanol–water partition coefficient (Wildman–Crippen LogP) is 4.72. The third-order valence-electron chi connectivity index (χ3n) is 6.40. The molecule has 1 aliphatic carbocycles. The van der Waals surface area contributed by atoms with Gasteiger partial charge >= 0.3 is 5.97 Å². The van der Waals surface area contributed by atoms with Crippen LogP contribution in [0.1, 0.15) is 75.6 Å². The third kappa shape index (κ3) is 6.11. The summed E-state index contributed by atoms with van der Waals surface area (Å²) in [5.41, 5.74) is 0.303. The predicted molar refractivity (Wildman–Crippen MR) is 121 cm³/mol. The second-order valence-electron chi connectivity index (χ2n) is 8.78. The summed E-state index contributed by atoms with van der Waals surface area (Å²) in [7, 11) is 0. The fraction of sp³-hybridized carbons (Fsp3) is 0.696. The smallest absolute Gasteiger partial charge is 0.306 e. The lowest BCUT2D eigenvalue weighted by molar-refractivity contribution is -0.143. The first-order valence-corrected chi connectivity index (χ1v) is 12.5. The molecule has 2 N–H and O–H groups in total. The number of aromatic nitrogens is 1. The quantitative estimate of drug-likeness (QED) is 0.557. The lowest BCUT2D eigenvalue weighted by atomic mass is 9.86. The zero-order valence-electron chi connectivity index (χ0n) is 18.5. The zero-order chi connectivity index (χ0) is 22.4. The van der Waals surface area contributed by atoms with E-state index in [1.165, 1.54) is 24.2 Å². The van der Waals surface area contributed by atoms with Crippen LogP contribution in [-0.2, 0) is 4.79 Å². The summed E-state index contributed by atoms with van der Waals surface area (Å²) in [4.78, 5) is 30.8. The molecule has 2 fully saturated rings. The van der Waals surface area contributed by atoms with E-state index in [2.05, 4.69) is 17.2 Å². The second-order valence-corrected chi connectivity index (χ2v) is 9.86. The van der Waals surface area contributed by atoms with Gasteiger partial charge in [-0.15, -0.1) is 11.8 Å². The molecule has 0 aromatic carbocycles. The number of nitrogens with one attached hydrogen (secondary N) is 1. The number of pyridine rings is 1. The molecule has 2 atom stereocenters. The fourth-order valence-corrected chi connectivity index (χ4v) is 5.33. The Kier molecular flexibility index (Phi) is 8.58. The molecule has 3 rings (SSSR count). The number of carbonyl (C=O) groups excluding carboxylic acids is 1. The largest absolute Gasteiger partial charge is 0.481 e. The average molecular weight is 452 g/mol. The molecule has 8 heteroatoms. The van der Waals surface area contributed by atoms with Crippen LogP contribution < -0.4 is 10.2 Å². The highest BCUT2D eigenvalue weighted by atomic mass is 32.2. The van der Waals surface area contributed by atoms with Crippen LogP contribution in [0.25, 0.3) is 0 Å². The van der Waals surface area contributed by atoms with Crippen LogP contribution in [0.4, 0.5) is 10.2 Å². The van der Waals surface area contributed by atoms with Gasteiger partial charge in [0, 0.05) is 19.1 Å². The second kappa shape index (κ2) is 11.2. The number of nitrogens with zero attached hydrogens (tertiary/aromatic N) is 2. The van der Waals surface area contributed by atoms with Gasteiger partial charge < -0.3 is 15.3 Å². The highest BCUT2D eigenvalue weighted by molar-refractivity contribution is 7.99. The standard InChI is InChI=1S/C23H34FN3O3S/c1-3-12-31-22-18(21(28)25-17-9-5-4-6-10-17)13-19(24)20(26-22)27-11-7-8-16(14-27)15(2)23(29)30/h13,15-17H,3-12,14H2,1-2H3,(H,25,28)(H,29,30). The molecule has 0 bridgehead atoms. The number of halogens is 1. The summed E-state index contributed by atoms with van der Waals surface area (Å²) in [6, 6.07) is 1.47. The third-order valence-corrected chi connectivity index (χ3v) is 7.60. The van der Waals surface area contributed by atoms with E-state index in [-0.39, 0.29) is 23.7 Å². The Labute approximate surface area is 188 Å². The van der Waals surface area contributed by atoms with E-state index in [0.29, 0.717) is 23.7 Å². The summed E-state index contributed by atoms with van der Waals surface area (Å²) in [6.45, 7) is 4.87. The monoisotopic (exact) mass is 451 g/mol. The summed E-state index contributed by atoms with van der Waals surface area (Å²) in [6.07, 6.45) is 7.88. The minimum Gasteiger partial charge on any atom is -0.481 e. The molecule has 0 spiro atoms. The van der Waals surface area contributed by atoms with Gasteiger partial charge in [-0.1, -0.05) is 33.1 Å². The van der Waals surface area contributed by atoms with E-state index < -0.39 is 17.7 Å². The van der Waals surface area contributed by atoms with Gasteiger partial charge in [-0.05, 0) is 49.8 Å². The number of piperidine rings is 1. The Morgan fingerprint density at radius 2 is 2.03 bits per heavy atom. The van der Waals surface area contributed by atoms with Crippen molar-refractivity contribution in [2.45, 2.75) is 76.3 Å². The van der Waals surface area contributed by atoms with Crippen molar-refractivity contribution in [3.05, 3.63) is 17.4 Å². The van der Waals surface area contributed by atoms with Crippen molar-refractivity contribution < 1.29 is 19.1 Å². The summed E-state index contributed by atoms with van der Waals surface area (Å²) in [5.74, 6) is -1.10. The lowest BCUT2D eigenvalue weighted by Crippen LogP contribution is -2.41. The Morgan fingerprint density at radius 3 is 2.71 bits per heavy atom. The Bertz CT molecular complexity index is 786. The zero-order valence-corrected chi connectivity index (χ0v) is 19.3. The topological polar surface area (TPSA) is 82.5 Å². The normalized spacial score (nSPS) is 21.0. The Balaban J connectivity index is 1.83. The molecule has 172 valence electrons. The molecule has 1 aliphatic heterocycles. The van der Waals surface area contributed by atoms with Crippen molar-refractivity contribution in [1.29, 1.82) is 0 Å². The average Bonchev–Trinajstić information content (AvgIpc) is 2.78. The van der Waals surface area contributed by atoms with Crippen LogP contribution in [0.5, 0.6) is 0 Å². The molecule has 1 saturated carbocycles. The highest BCUT2D eigenvalue weighted by Crippen LogP contribution is 2.32. The van der Waals surface area contributed by atoms with Crippen LogP contribution in [0, 0.1) is 17.7 Å². The van der Waals surface area contributed by atoms with Crippen molar-refractivity contribution in [3.8, 4) is 0 Å². The molecule has 2 heterocycles. The van der Waals surface area contributed by atoms with Gasteiger partial charge in [0.1, 0.15) is 5.03 Å². The number of carbonyl (C=O) groups is 2. The molecular weight excluding hydrogens is 417 g/mol. The van der Waals surface area contributed by atoms with E-state index in [9.17, 15) is 14.7 Å². The molecule has 31 heavy (non-hydrogen) atoms. The number of carboxylic acids is 1. The van der Waals surface area contributed by atoms with Crippen molar-refractivity contribution in [2.75, 3.05) is 23.7 Å². The van der Waals surface area contributed by atoms with Gasteiger partial charge in [-0.25, -0.2) is 9.37 Å². The molecule has 2 aliphatic rings. The fourth-order valence-electron chi connectivity index (χ4n) is 4.48. The van der Waals surface area contributed by atoms with Gasteiger partial charge in [-0.3, -0.25) is 9.59 Å². The lowest BCUT2D eigenvalue weighted by Gasteiger charge is -2.35. The first-order valence-electron chi connectivity index (χ1n) is 11.5. The van der Waals surface area contributed by atoms with Crippen LogP contribution in [0.15, 0.2) is 11.1 Å². The van der Waals surface area contributed by atoms with E-state index in [4.69, 9.17) is 0 Å².